The smallest absolute Gasteiger partial charge is 0.251 e. The second-order valence-electron chi connectivity index (χ2n) is 4.15. The van der Waals surface area contributed by atoms with E-state index in [0.29, 0.717) is 5.92 Å². The molecule has 1 amide bonds. The minimum absolute atomic E-state index is 0.0234. The average molecular weight is 221 g/mol. The summed E-state index contributed by atoms with van der Waals surface area (Å²) >= 11 is 4.24. The van der Waals surface area contributed by atoms with Crippen LogP contribution in [0.4, 0.5) is 0 Å². The third kappa shape index (κ3) is 2.75. The molecule has 1 saturated carbocycles. The zero-order valence-electron chi connectivity index (χ0n) is 8.79. The third-order valence-electron chi connectivity index (χ3n) is 2.71. The lowest BCUT2D eigenvalue weighted by molar-refractivity contribution is 0.0951. The molecule has 1 aromatic carbocycles. The van der Waals surface area contributed by atoms with Gasteiger partial charge in [0.15, 0.2) is 0 Å². The largest absolute Gasteiger partial charge is 0.352 e. The Kier molecular flexibility index (Phi) is 3.00. The normalized spacial score (nSPS) is 15.1. The van der Waals surface area contributed by atoms with E-state index in [1.807, 2.05) is 25.1 Å². The molecular weight excluding hydrogens is 206 g/mol. The fourth-order valence-corrected chi connectivity index (χ4v) is 1.71. The standard InChI is InChI=1S/C12H15NOS/c1-8-2-5-10(15)6-11(8)12(14)13-7-9-3-4-9/h2,5-6,9,15H,3-4,7H2,1H3,(H,13,14). The van der Waals surface area contributed by atoms with Crippen LogP contribution in [0.15, 0.2) is 23.1 Å². The molecule has 0 heterocycles. The number of aryl methyl sites for hydroxylation is 1. The van der Waals surface area contributed by atoms with Gasteiger partial charge in [-0.15, -0.1) is 12.6 Å². The molecule has 0 unspecified atom stereocenters. The lowest BCUT2D eigenvalue weighted by atomic mass is 10.1. The van der Waals surface area contributed by atoms with Gasteiger partial charge in [-0.2, -0.15) is 0 Å². The highest BCUT2D eigenvalue weighted by molar-refractivity contribution is 7.80. The molecule has 0 aliphatic heterocycles. The number of thiol groups is 1. The Balaban J connectivity index is 2.05. The Morgan fingerprint density at radius 3 is 2.93 bits per heavy atom. The van der Waals surface area contributed by atoms with Crippen molar-refractivity contribution in [2.75, 3.05) is 6.54 Å². The van der Waals surface area contributed by atoms with Crippen molar-refractivity contribution in [3.05, 3.63) is 29.3 Å². The van der Waals surface area contributed by atoms with E-state index < -0.39 is 0 Å². The minimum atomic E-state index is 0.0234. The molecule has 0 spiro atoms. The summed E-state index contributed by atoms with van der Waals surface area (Å²) in [5.41, 5.74) is 1.74. The van der Waals surface area contributed by atoms with Crippen molar-refractivity contribution in [3.8, 4) is 0 Å². The number of hydrogen-bond acceptors (Lipinski definition) is 2. The molecule has 15 heavy (non-hydrogen) atoms. The van der Waals surface area contributed by atoms with Crippen LogP contribution < -0.4 is 5.32 Å². The highest BCUT2D eigenvalue weighted by atomic mass is 32.1. The van der Waals surface area contributed by atoms with Crippen molar-refractivity contribution < 1.29 is 4.79 Å². The summed E-state index contributed by atoms with van der Waals surface area (Å²) < 4.78 is 0. The van der Waals surface area contributed by atoms with Crippen LogP contribution in [-0.2, 0) is 0 Å². The summed E-state index contributed by atoms with van der Waals surface area (Å²) in [4.78, 5) is 12.6. The van der Waals surface area contributed by atoms with Crippen molar-refractivity contribution in [1.29, 1.82) is 0 Å². The fourth-order valence-electron chi connectivity index (χ4n) is 1.51. The maximum atomic E-state index is 11.8. The summed E-state index contributed by atoms with van der Waals surface area (Å²) in [6.07, 6.45) is 2.51. The Hall–Kier alpha value is -0.960. The molecule has 1 N–H and O–H groups in total. The monoisotopic (exact) mass is 221 g/mol. The summed E-state index contributed by atoms with van der Waals surface area (Å²) in [7, 11) is 0. The zero-order chi connectivity index (χ0) is 10.8. The highest BCUT2D eigenvalue weighted by Gasteiger charge is 2.22. The van der Waals surface area contributed by atoms with Crippen LogP contribution in [0.2, 0.25) is 0 Å². The number of nitrogens with one attached hydrogen (secondary N) is 1. The highest BCUT2D eigenvalue weighted by Crippen LogP contribution is 2.27. The van der Waals surface area contributed by atoms with E-state index in [9.17, 15) is 4.79 Å². The predicted molar refractivity (Wildman–Crippen MR) is 63.5 cm³/mol. The van der Waals surface area contributed by atoms with E-state index in [1.54, 1.807) is 0 Å². The maximum Gasteiger partial charge on any atom is 0.251 e. The molecule has 1 aliphatic carbocycles. The molecule has 1 fully saturated rings. The van der Waals surface area contributed by atoms with Crippen molar-refractivity contribution in [3.63, 3.8) is 0 Å². The van der Waals surface area contributed by atoms with Crippen LogP contribution >= 0.6 is 12.6 Å². The number of carbonyl (C=O) groups is 1. The Bertz CT molecular complexity index is 385. The van der Waals surface area contributed by atoms with Gasteiger partial charge in [-0.3, -0.25) is 4.79 Å². The number of amides is 1. The van der Waals surface area contributed by atoms with E-state index >= 15 is 0 Å². The molecule has 2 rings (SSSR count). The van der Waals surface area contributed by atoms with Gasteiger partial charge in [-0.05, 0) is 43.4 Å². The fraction of sp³-hybridized carbons (Fsp3) is 0.417. The van der Waals surface area contributed by atoms with Gasteiger partial charge in [0.2, 0.25) is 0 Å². The van der Waals surface area contributed by atoms with Crippen LogP contribution in [0.3, 0.4) is 0 Å². The topological polar surface area (TPSA) is 29.1 Å². The van der Waals surface area contributed by atoms with Crippen molar-refractivity contribution >= 4 is 18.5 Å². The maximum absolute atomic E-state index is 11.8. The van der Waals surface area contributed by atoms with Crippen molar-refractivity contribution in [2.45, 2.75) is 24.7 Å². The van der Waals surface area contributed by atoms with Gasteiger partial charge < -0.3 is 5.32 Å². The van der Waals surface area contributed by atoms with Gasteiger partial charge in [-0.25, -0.2) is 0 Å². The zero-order valence-corrected chi connectivity index (χ0v) is 9.68. The molecule has 80 valence electrons. The SMILES string of the molecule is Cc1ccc(S)cc1C(=O)NCC1CC1. The number of rotatable bonds is 3. The molecule has 1 aliphatic rings. The van der Waals surface area contributed by atoms with Crippen LogP contribution in [0.1, 0.15) is 28.8 Å². The molecular formula is C12H15NOS. The molecule has 0 atom stereocenters. The lowest BCUT2D eigenvalue weighted by Crippen LogP contribution is -2.26. The third-order valence-corrected chi connectivity index (χ3v) is 2.99. The molecule has 2 nitrogen and oxygen atoms in total. The molecule has 0 aromatic heterocycles. The Labute approximate surface area is 95.5 Å². The van der Waals surface area contributed by atoms with E-state index in [4.69, 9.17) is 0 Å². The quantitative estimate of drug-likeness (QED) is 0.754. The van der Waals surface area contributed by atoms with Crippen LogP contribution in [-0.4, -0.2) is 12.5 Å². The second-order valence-corrected chi connectivity index (χ2v) is 4.67. The number of hydrogen-bond donors (Lipinski definition) is 2. The summed E-state index contributed by atoms with van der Waals surface area (Å²) in [5, 5.41) is 2.96. The first kappa shape index (κ1) is 10.6. The summed E-state index contributed by atoms with van der Waals surface area (Å²) in [6, 6.07) is 5.64. The van der Waals surface area contributed by atoms with Crippen LogP contribution in [0, 0.1) is 12.8 Å². The minimum Gasteiger partial charge on any atom is -0.352 e. The number of benzene rings is 1. The van der Waals surface area contributed by atoms with Crippen LogP contribution in [0.25, 0.3) is 0 Å². The second kappa shape index (κ2) is 4.27. The van der Waals surface area contributed by atoms with Crippen molar-refractivity contribution in [2.24, 2.45) is 5.92 Å². The number of carbonyl (C=O) groups excluding carboxylic acids is 1. The van der Waals surface area contributed by atoms with Crippen LogP contribution in [0.5, 0.6) is 0 Å². The van der Waals surface area contributed by atoms with E-state index in [2.05, 4.69) is 17.9 Å². The van der Waals surface area contributed by atoms with Gasteiger partial charge in [0, 0.05) is 17.0 Å². The molecule has 1 aromatic rings. The van der Waals surface area contributed by atoms with E-state index in [0.717, 1.165) is 22.6 Å². The molecule has 0 saturated heterocycles. The first-order chi connectivity index (χ1) is 7.16. The first-order valence-electron chi connectivity index (χ1n) is 5.24. The Morgan fingerprint density at radius 1 is 1.53 bits per heavy atom. The molecule has 0 bridgehead atoms. The van der Waals surface area contributed by atoms with Gasteiger partial charge in [-0.1, -0.05) is 6.07 Å². The first-order valence-corrected chi connectivity index (χ1v) is 5.69. The summed E-state index contributed by atoms with van der Waals surface area (Å²) in [5.74, 6) is 0.740. The average Bonchev–Trinajstić information content (AvgIpc) is 3.02. The Morgan fingerprint density at radius 2 is 2.27 bits per heavy atom. The van der Waals surface area contributed by atoms with E-state index in [-0.39, 0.29) is 5.91 Å². The summed E-state index contributed by atoms with van der Waals surface area (Å²) in [6.45, 7) is 2.76. The predicted octanol–water partition coefficient (Wildman–Crippen LogP) is 2.42. The molecule has 3 heteroatoms. The van der Waals surface area contributed by atoms with Gasteiger partial charge >= 0.3 is 0 Å². The van der Waals surface area contributed by atoms with Gasteiger partial charge in [0.25, 0.3) is 5.91 Å². The lowest BCUT2D eigenvalue weighted by Gasteiger charge is -2.07. The van der Waals surface area contributed by atoms with Crippen molar-refractivity contribution in [1.82, 2.24) is 5.32 Å². The van der Waals surface area contributed by atoms with Gasteiger partial charge in [0.05, 0.1) is 0 Å². The van der Waals surface area contributed by atoms with Gasteiger partial charge in [0.1, 0.15) is 0 Å². The molecule has 0 radical (unpaired) electrons. The van der Waals surface area contributed by atoms with E-state index in [1.165, 1.54) is 12.8 Å².